The van der Waals surface area contributed by atoms with Gasteiger partial charge < -0.3 is 14.2 Å². The Morgan fingerprint density at radius 3 is 2.29 bits per heavy atom. The predicted molar refractivity (Wildman–Crippen MR) is 92.1 cm³/mol. The van der Waals surface area contributed by atoms with E-state index in [1.165, 1.54) is 6.42 Å². The quantitative estimate of drug-likeness (QED) is 0.606. The third-order valence-electron chi connectivity index (χ3n) is 3.91. The summed E-state index contributed by atoms with van der Waals surface area (Å²) in [6.45, 7) is 2.33. The van der Waals surface area contributed by atoms with E-state index in [0.717, 1.165) is 31.5 Å². The molecule has 7 heteroatoms. The minimum atomic E-state index is -0.111. The number of nitrogens with one attached hydrogen (secondary N) is 1. The summed E-state index contributed by atoms with van der Waals surface area (Å²) in [5, 5.41) is 4.01. The van der Waals surface area contributed by atoms with Crippen molar-refractivity contribution in [3.63, 3.8) is 0 Å². The van der Waals surface area contributed by atoms with Crippen LogP contribution in [-0.4, -0.2) is 58.0 Å². The van der Waals surface area contributed by atoms with Crippen LogP contribution in [0.15, 0.2) is 17.2 Å². The van der Waals surface area contributed by atoms with E-state index in [4.69, 9.17) is 14.2 Å². The molecule has 2 rings (SSSR count). The van der Waals surface area contributed by atoms with Crippen molar-refractivity contribution in [3.8, 4) is 17.2 Å². The zero-order valence-corrected chi connectivity index (χ0v) is 14.5. The zero-order valence-electron chi connectivity index (χ0n) is 14.5. The summed E-state index contributed by atoms with van der Waals surface area (Å²) in [6.07, 6.45) is 5.11. The van der Waals surface area contributed by atoms with Crippen LogP contribution in [0, 0.1) is 0 Å². The third kappa shape index (κ3) is 4.86. The monoisotopic (exact) mass is 335 g/mol. The highest BCUT2D eigenvalue weighted by atomic mass is 16.5. The summed E-state index contributed by atoms with van der Waals surface area (Å²) in [4.78, 5) is 14.1. The number of ether oxygens (including phenoxy) is 3. The van der Waals surface area contributed by atoms with Crippen LogP contribution >= 0.6 is 0 Å². The molecule has 0 aliphatic carbocycles. The van der Waals surface area contributed by atoms with Gasteiger partial charge in [-0.2, -0.15) is 5.10 Å². The van der Waals surface area contributed by atoms with E-state index in [1.54, 1.807) is 39.7 Å². The first kappa shape index (κ1) is 18.1. The number of benzene rings is 1. The molecule has 1 N–H and O–H groups in total. The first-order chi connectivity index (χ1) is 11.7. The molecule has 0 spiro atoms. The van der Waals surface area contributed by atoms with Gasteiger partial charge in [0.1, 0.15) is 0 Å². The van der Waals surface area contributed by atoms with Crippen LogP contribution in [0.3, 0.4) is 0 Å². The van der Waals surface area contributed by atoms with Gasteiger partial charge in [0.15, 0.2) is 11.5 Å². The van der Waals surface area contributed by atoms with Gasteiger partial charge in [-0.1, -0.05) is 6.42 Å². The third-order valence-corrected chi connectivity index (χ3v) is 3.91. The molecular weight excluding hydrogens is 310 g/mol. The summed E-state index contributed by atoms with van der Waals surface area (Å²) in [6, 6.07) is 3.53. The fraction of sp³-hybridized carbons (Fsp3) is 0.529. The highest BCUT2D eigenvalue weighted by Crippen LogP contribution is 2.37. The van der Waals surface area contributed by atoms with Crippen LogP contribution in [0.2, 0.25) is 0 Å². The number of carbonyl (C=O) groups excluding carboxylic acids is 1. The first-order valence-corrected chi connectivity index (χ1v) is 8.02. The second-order valence-electron chi connectivity index (χ2n) is 5.59. The van der Waals surface area contributed by atoms with Gasteiger partial charge in [0, 0.05) is 5.56 Å². The number of rotatable bonds is 7. The number of hydrogen-bond acceptors (Lipinski definition) is 6. The van der Waals surface area contributed by atoms with E-state index in [-0.39, 0.29) is 5.91 Å². The van der Waals surface area contributed by atoms with Gasteiger partial charge in [-0.3, -0.25) is 9.69 Å². The van der Waals surface area contributed by atoms with E-state index in [2.05, 4.69) is 15.4 Å². The summed E-state index contributed by atoms with van der Waals surface area (Å²) in [7, 11) is 4.66. The Balaban J connectivity index is 1.96. The van der Waals surface area contributed by atoms with Gasteiger partial charge in [0.05, 0.1) is 34.1 Å². The maximum absolute atomic E-state index is 11.9. The van der Waals surface area contributed by atoms with Crippen LogP contribution in [-0.2, 0) is 4.79 Å². The van der Waals surface area contributed by atoms with Crippen molar-refractivity contribution in [1.82, 2.24) is 10.3 Å². The number of carbonyl (C=O) groups is 1. The largest absolute Gasteiger partial charge is 0.493 e. The fourth-order valence-electron chi connectivity index (χ4n) is 2.71. The Labute approximate surface area is 142 Å². The average molecular weight is 335 g/mol. The number of likely N-dealkylation sites (tertiary alicyclic amines) is 1. The molecule has 1 aliphatic heterocycles. The zero-order chi connectivity index (χ0) is 17.4. The van der Waals surface area contributed by atoms with Crippen molar-refractivity contribution in [2.75, 3.05) is 41.0 Å². The van der Waals surface area contributed by atoms with Crippen LogP contribution in [0.1, 0.15) is 24.8 Å². The van der Waals surface area contributed by atoms with Crippen LogP contribution in [0.5, 0.6) is 17.2 Å². The lowest BCUT2D eigenvalue weighted by Gasteiger charge is -2.25. The van der Waals surface area contributed by atoms with Gasteiger partial charge in [-0.05, 0) is 38.1 Å². The molecule has 1 aliphatic rings. The Morgan fingerprint density at radius 2 is 1.75 bits per heavy atom. The SMILES string of the molecule is COc1cc(/C=N\NC(=O)CN2CCCCC2)cc(OC)c1OC. The molecule has 0 aromatic heterocycles. The van der Waals surface area contributed by atoms with Crippen LogP contribution in [0.4, 0.5) is 0 Å². The number of nitrogens with zero attached hydrogens (tertiary/aromatic N) is 2. The molecule has 0 bridgehead atoms. The fourth-order valence-corrected chi connectivity index (χ4v) is 2.71. The molecule has 0 unspecified atom stereocenters. The Hall–Kier alpha value is -2.28. The number of hydrogen-bond donors (Lipinski definition) is 1. The molecule has 0 atom stereocenters. The van der Waals surface area contributed by atoms with E-state index < -0.39 is 0 Å². The molecule has 1 fully saturated rings. The van der Waals surface area contributed by atoms with Gasteiger partial charge >= 0.3 is 0 Å². The molecule has 1 aromatic carbocycles. The lowest BCUT2D eigenvalue weighted by Crippen LogP contribution is -2.38. The Kier molecular flexibility index (Phi) is 6.87. The normalized spacial score (nSPS) is 15.3. The summed E-state index contributed by atoms with van der Waals surface area (Å²) < 4.78 is 15.8. The Bertz CT molecular complexity index is 558. The topological polar surface area (TPSA) is 72.4 Å². The van der Waals surface area contributed by atoms with E-state index in [1.807, 2.05) is 0 Å². The van der Waals surface area contributed by atoms with E-state index in [9.17, 15) is 4.79 Å². The van der Waals surface area contributed by atoms with Gasteiger partial charge in [-0.25, -0.2) is 5.43 Å². The molecule has 24 heavy (non-hydrogen) atoms. The number of piperidine rings is 1. The van der Waals surface area contributed by atoms with Crippen LogP contribution in [0.25, 0.3) is 0 Å². The molecule has 1 saturated heterocycles. The molecule has 132 valence electrons. The van der Waals surface area contributed by atoms with Crippen molar-refractivity contribution >= 4 is 12.1 Å². The standard InChI is InChI=1S/C17H25N3O4/c1-22-14-9-13(10-15(23-2)17(14)24-3)11-18-19-16(21)12-20-7-5-4-6-8-20/h9-11H,4-8,12H2,1-3H3,(H,19,21)/b18-11-. The maximum atomic E-state index is 11.9. The second kappa shape index (κ2) is 9.12. The van der Waals surface area contributed by atoms with Gasteiger partial charge in [0.2, 0.25) is 5.75 Å². The second-order valence-corrected chi connectivity index (χ2v) is 5.59. The van der Waals surface area contributed by atoms with Crippen molar-refractivity contribution in [2.45, 2.75) is 19.3 Å². The predicted octanol–water partition coefficient (Wildman–Crippen LogP) is 1.65. The number of hydrazone groups is 1. The molecule has 1 aromatic rings. The highest BCUT2D eigenvalue weighted by Gasteiger charge is 2.14. The lowest BCUT2D eigenvalue weighted by atomic mass is 10.1. The highest BCUT2D eigenvalue weighted by molar-refractivity contribution is 5.84. The number of amides is 1. The molecular formula is C17H25N3O4. The number of methoxy groups -OCH3 is 3. The molecule has 0 saturated carbocycles. The first-order valence-electron chi connectivity index (χ1n) is 8.02. The molecule has 1 heterocycles. The minimum Gasteiger partial charge on any atom is -0.493 e. The van der Waals surface area contributed by atoms with Crippen molar-refractivity contribution in [1.29, 1.82) is 0 Å². The van der Waals surface area contributed by atoms with Crippen molar-refractivity contribution < 1.29 is 19.0 Å². The maximum Gasteiger partial charge on any atom is 0.254 e. The molecule has 0 radical (unpaired) electrons. The average Bonchev–Trinajstić information content (AvgIpc) is 2.61. The van der Waals surface area contributed by atoms with Crippen LogP contribution < -0.4 is 19.6 Å². The minimum absolute atomic E-state index is 0.111. The van der Waals surface area contributed by atoms with E-state index >= 15 is 0 Å². The van der Waals surface area contributed by atoms with Gasteiger partial charge in [0.25, 0.3) is 5.91 Å². The summed E-state index contributed by atoms with van der Waals surface area (Å²) >= 11 is 0. The van der Waals surface area contributed by atoms with Crippen molar-refractivity contribution in [2.24, 2.45) is 5.10 Å². The van der Waals surface area contributed by atoms with Gasteiger partial charge in [-0.15, -0.1) is 0 Å². The van der Waals surface area contributed by atoms with Crippen molar-refractivity contribution in [3.05, 3.63) is 17.7 Å². The molecule has 7 nitrogen and oxygen atoms in total. The Morgan fingerprint density at radius 1 is 1.12 bits per heavy atom. The smallest absolute Gasteiger partial charge is 0.254 e. The summed E-state index contributed by atoms with van der Waals surface area (Å²) in [5.74, 6) is 1.49. The lowest BCUT2D eigenvalue weighted by molar-refractivity contribution is -0.122. The van der Waals surface area contributed by atoms with E-state index in [0.29, 0.717) is 23.8 Å². The molecule has 1 amide bonds. The summed E-state index contributed by atoms with van der Waals surface area (Å²) in [5.41, 5.74) is 3.30.